The smallest absolute Gasteiger partial charge is 0.125 e. The molecule has 2 heterocycles. The van der Waals surface area contributed by atoms with Gasteiger partial charge in [-0.25, -0.2) is 0 Å². The molecule has 2 aliphatic heterocycles. The molecule has 0 bridgehead atoms. The maximum Gasteiger partial charge on any atom is 0.125 e. The van der Waals surface area contributed by atoms with Crippen LogP contribution in [0.15, 0.2) is 84.9 Å². The zero-order valence-corrected chi connectivity index (χ0v) is 24.1. The lowest BCUT2D eigenvalue weighted by Gasteiger charge is -2.50. The lowest BCUT2D eigenvalue weighted by atomic mass is 9.87. The van der Waals surface area contributed by atoms with Crippen LogP contribution in [0.25, 0.3) is 0 Å². The largest absolute Gasteiger partial charge is 0.485 e. The van der Waals surface area contributed by atoms with Gasteiger partial charge in [-0.15, -0.1) is 0 Å². The highest BCUT2D eigenvalue weighted by molar-refractivity contribution is 5.34. The van der Waals surface area contributed by atoms with Crippen molar-refractivity contribution in [3.05, 3.63) is 102 Å². The molecule has 0 radical (unpaired) electrons. The lowest BCUT2D eigenvalue weighted by molar-refractivity contribution is -0.189. The average Bonchev–Trinajstić information content (AvgIpc) is 3.73. The Kier molecular flexibility index (Phi) is 8.54. The average molecular weight is 540 g/mol. The van der Waals surface area contributed by atoms with Crippen LogP contribution in [0, 0.1) is 0 Å². The molecule has 212 valence electrons. The second-order valence-corrected chi connectivity index (χ2v) is 12.2. The van der Waals surface area contributed by atoms with Crippen molar-refractivity contribution >= 4 is 0 Å². The molecule has 3 aliphatic rings. The van der Waals surface area contributed by atoms with Crippen molar-refractivity contribution in [1.29, 1.82) is 0 Å². The number of piperidine rings is 1. The van der Waals surface area contributed by atoms with Gasteiger partial charge in [0.25, 0.3) is 0 Å². The molecule has 3 aromatic carbocycles. The molecule has 3 aromatic rings. The summed E-state index contributed by atoms with van der Waals surface area (Å²) in [5.74, 6) is 1.02. The molecular weight excluding hydrogens is 494 g/mol. The van der Waals surface area contributed by atoms with E-state index >= 15 is 0 Å². The van der Waals surface area contributed by atoms with Gasteiger partial charge >= 0.3 is 0 Å². The van der Waals surface area contributed by atoms with Crippen molar-refractivity contribution in [1.82, 2.24) is 15.1 Å². The Hall–Kier alpha value is -2.70. The van der Waals surface area contributed by atoms with Gasteiger partial charge in [0, 0.05) is 45.7 Å². The monoisotopic (exact) mass is 539 g/mol. The first-order valence-corrected chi connectivity index (χ1v) is 15.3. The van der Waals surface area contributed by atoms with Gasteiger partial charge in [0.05, 0.1) is 11.2 Å². The second kappa shape index (κ2) is 12.4. The third kappa shape index (κ3) is 6.77. The summed E-state index contributed by atoms with van der Waals surface area (Å²) in [6, 6.07) is 30.2. The van der Waals surface area contributed by atoms with Crippen molar-refractivity contribution in [2.45, 2.75) is 62.4 Å². The minimum atomic E-state index is 0.0112. The lowest BCUT2D eigenvalue weighted by Crippen LogP contribution is -2.60. The molecular formula is C35H45N3O2. The summed E-state index contributed by atoms with van der Waals surface area (Å²) in [6.07, 6.45) is 6.67. The number of nitrogens with zero attached hydrogens (tertiary/aromatic N) is 2. The van der Waals surface area contributed by atoms with Crippen LogP contribution >= 0.6 is 0 Å². The van der Waals surface area contributed by atoms with E-state index in [0.717, 1.165) is 77.2 Å². The molecule has 2 spiro atoms. The number of morpholine rings is 1. The van der Waals surface area contributed by atoms with Crippen LogP contribution in [0.5, 0.6) is 5.75 Å². The topological polar surface area (TPSA) is 37.0 Å². The van der Waals surface area contributed by atoms with Crippen molar-refractivity contribution in [3.63, 3.8) is 0 Å². The third-order valence-electron chi connectivity index (χ3n) is 9.05. The standard InChI is InChI=1S/C35H45N3O2/c1-36-22-16-33(30-12-6-3-7-13-30)39-32-15-9-8-14-31(32)17-23-37-24-20-35(21-25-37)28-38(27-34(40-35)18-19-34)26-29-10-4-2-5-11-29/h2-15,33,36H,16-28H2,1H3. The van der Waals surface area contributed by atoms with Crippen LogP contribution in [-0.4, -0.2) is 67.3 Å². The SMILES string of the molecule is CNCCC(Oc1ccccc1CCN1CCC2(CC1)CN(Cc1ccccc1)CC1(CC1)O2)c1ccccc1. The maximum absolute atomic E-state index is 6.94. The highest BCUT2D eigenvalue weighted by Gasteiger charge is 2.55. The van der Waals surface area contributed by atoms with E-state index in [2.05, 4.69) is 100 Å². The third-order valence-corrected chi connectivity index (χ3v) is 9.05. The Labute approximate surface area is 240 Å². The highest BCUT2D eigenvalue weighted by Crippen LogP contribution is 2.49. The molecule has 1 atom stereocenters. The number of likely N-dealkylation sites (tertiary alicyclic amines) is 1. The van der Waals surface area contributed by atoms with Gasteiger partial charge in [0.2, 0.25) is 0 Å². The van der Waals surface area contributed by atoms with E-state index in [1.807, 2.05) is 7.05 Å². The fourth-order valence-corrected chi connectivity index (χ4v) is 6.69. The summed E-state index contributed by atoms with van der Waals surface area (Å²) in [5.41, 5.74) is 4.07. The Morgan fingerprint density at radius 2 is 1.45 bits per heavy atom. The summed E-state index contributed by atoms with van der Waals surface area (Å²) >= 11 is 0. The van der Waals surface area contributed by atoms with Crippen molar-refractivity contribution < 1.29 is 9.47 Å². The van der Waals surface area contributed by atoms with Crippen LogP contribution in [0.2, 0.25) is 0 Å². The number of hydrogen-bond donors (Lipinski definition) is 1. The predicted octanol–water partition coefficient (Wildman–Crippen LogP) is 5.86. The Morgan fingerprint density at radius 3 is 2.15 bits per heavy atom. The zero-order valence-electron chi connectivity index (χ0n) is 24.1. The van der Waals surface area contributed by atoms with E-state index in [1.165, 1.54) is 29.5 Å². The minimum Gasteiger partial charge on any atom is -0.485 e. The van der Waals surface area contributed by atoms with E-state index in [4.69, 9.17) is 9.47 Å². The number of rotatable bonds is 11. The Bertz CT molecular complexity index is 1210. The maximum atomic E-state index is 6.94. The van der Waals surface area contributed by atoms with Gasteiger partial charge in [0.15, 0.2) is 0 Å². The van der Waals surface area contributed by atoms with Gasteiger partial charge in [-0.05, 0) is 68.5 Å². The quantitative estimate of drug-likeness (QED) is 0.330. The number of benzene rings is 3. The fraction of sp³-hybridized carbons (Fsp3) is 0.486. The summed E-state index contributed by atoms with van der Waals surface area (Å²) in [6.45, 7) is 7.36. The number of nitrogens with one attached hydrogen (secondary N) is 1. The van der Waals surface area contributed by atoms with Gasteiger partial charge in [-0.2, -0.15) is 0 Å². The first-order chi connectivity index (χ1) is 19.6. The molecule has 6 rings (SSSR count). The predicted molar refractivity (Wildman–Crippen MR) is 162 cm³/mol. The van der Waals surface area contributed by atoms with Gasteiger partial charge < -0.3 is 19.7 Å². The van der Waals surface area contributed by atoms with E-state index in [1.54, 1.807) is 0 Å². The van der Waals surface area contributed by atoms with E-state index in [9.17, 15) is 0 Å². The molecule has 1 aliphatic carbocycles. The van der Waals surface area contributed by atoms with Gasteiger partial charge in [-0.3, -0.25) is 4.90 Å². The first-order valence-electron chi connectivity index (χ1n) is 15.3. The molecule has 1 unspecified atom stereocenters. The molecule has 5 heteroatoms. The molecule has 1 saturated carbocycles. The van der Waals surface area contributed by atoms with Crippen molar-refractivity contribution in [2.75, 3.05) is 46.3 Å². The van der Waals surface area contributed by atoms with Gasteiger partial charge in [-0.1, -0.05) is 78.9 Å². The van der Waals surface area contributed by atoms with Crippen LogP contribution in [0.1, 0.15) is 54.9 Å². The normalized spacial score (nSPS) is 20.9. The summed E-state index contributed by atoms with van der Waals surface area (Å²) in [4.78, 5) is 5.31. The van der Waals surface area contributed by atoms with E-state index < -0.39 is 0 Å². The van der Waals surface area contributed by atoms with Crippen molar-refractivity contribution in [3.8, 4) is 5.75 Å². The molecule has 2 saturated heterocycles. The Morgan fingerprint density at radius 1 is 0.800 bits per heavy atom. The van der Waals surface area contributed by atoms with Crippen LogP contribution < -0.4 is 10.1 Å². The molecule has 0 amide bonds. The Balaban J connectivity index is 1.05. The molecule has 1 N–H and O–H groups in total. The van der Waals surface area contributed by atoms with Gasteiger partial charge in [0.1, 0.15) is 11.9 Å². The van der Waals surface area contributed by atoms with Crippen LogP contribution in [0.3, 0.4) is 0 Å². The zero-order chi connectivity index (χ0) is 27.3. The number of hydrogen-bond acceptors (Lipinski definition) is 5. The molecule has 0 aromatic heterocycles. The molecule has 40 heavy (non-hydrogen) atoms. The van der Waals surface area contributed by atoms with Crippen LogP contribution in [0.4, 0.5) is 0 Å². The van der Waals surface area contributed by atoms with Crippen molar-refractivity contribution in [2.24, 2.45) is 0 Å². The summed E-state index contributed by atoms with van der Waals surface area (Å²) < 4.78 is 13.6. The van der Waals surface area contributed by atoms with E-state index in [0.29, 0.717) is 0 Å². The molecule has 5 nitrogen and oxygen atoms in total. The van der Waals surface area contributed by atoms with Crippen LogP contribution in [-0.2, 0) is 17.7 Å². The minimum absolute atomic E-state index is 0.0112. The number of para-hydroxylation sites is 1. The number of ether oxygens (including phenoxy) is 2. The summed E-state index contributed by atoms with van der Waals surface area (Å²) in [5, 5.41) is 3.28. The highest BCUT2D eigenvalue weighted by atomic mass is 16.5. The fourth-order valence-electron chi connectivity index (χ4n) is 6.69. The second-order valence-electron chi connectivity index (χ2n) is 12.2. The molecule has 3 fully saturated rings. The first kappa shape index (κ1) is 27.5. The van der Waals surface area contributed by atoms with E-state index in [-0.39, 0.29) is 17.3 Å². The summed E-state index contributed by atoms with van der Waals surface area (Å²) in [7, 11) is 2.00.